The third-order valence-electron chi connectivity index (χ3n) is 4.90. The number of hydrogen-bond donors (Lipinski definition) is 1. The minimum absolute atomic E-state index is 0.196. The fourth-order valence-corrected chi connectivity index (χ4v) is 5.35. The van der Waals surface area contributed by atoms with Crippen LogP contribution in [0.15, 0.2) is 41.4 Å². The van der Waals surface area contributed by atoms with E-state index in [-0.39, 0.29) is 10.9 Å². The standard InChI is InChI=1S/C22H30NO3P/c1-6-12-22(7-2,27-20-11-9-8-10-16(20)15-23-3)18-13-17(25-4)14-19(26-5)21(18)24/h8-11,13-15,24,27H,6-7,12H2,1-5H3. The Labute approximate surface area is 164 Å². The van der Waals surface area contributed by atoms with Gasteiger partial charge in [0.05, 0.1) is 14.2 Å². The Kier molecular flexibility index (Phi) is 7.67. The van der Waals surface area contributed by atoms with Crippen molar-refractivity contribution in [2.24, 2.45) is 4.99 Å². The lowest BCUT2D eigenvalue weighted by Gasteiger charge is -2.35. The number of rotatable bonds is 9. The van der Waals surface area contributed by atoms with Crippen molar-refractivity contribution in [3.8, 4) is 17.2 Å². The Morgan fingerprint density at radius 1 is 1.15 bits per heavy atom. The van der Waals surface area contributed by atoms with Gasteiger partial charge in [-0.15, -0.1) is 0 Å². The molecule has 0 radical (unpaired) electrons. The third-order valence-corrected chi connectivity index (χ3v) is 6.98. The van der Waals surface area contributed by atoms with Gasteiger partial charge in [0.2, 0.25) is 0 Å². The summed E-state index contributed by atoms with van der Waals surface area (Å²) in [4.78, 5) is 4.20. The number of phenols is 1. The molecule has 0 aliphatic rings. The second kappa shape index (κ2) is 9.75. The van der Waals surface area contributed by atoms with Crippen LogP contribution in [0.5, 0.6) is 17.2 Å². The van der Waals surface area contributed by atoms with Crippen LogP contribution in [0.1, 0.15) is 44.2 Å². The molecule has 0 spiro atoms. The Hall–Kier alpha value is -2.06. The molecular weight excluding hydrogens is 357 g/mol. The van der Waals surface area contributed by atoms with Gasteiger partial charge in [0.1, 0.15) is 5.75 Å². The van der Waals surface area contributed by atoms with Crippen LogP contribution >= 0.6 is 8.58 Å². The summed E-state index contributed by atoms with van der Waals surface area (Å²) >= 11 is 0. The molecule has 27 heavy (non-hydrogen) atoms. The van der Waals surface area contributed by atoms with Gasteiger partial charge in [0, 0.05) is 30.0 Å². The molecule has 0 aliphatic carbocycles. The van der Waals surface area contributed by atoms with Crippen molar-refractivity contribution in [2.45, 2.75) is 38.3 Å². The van der Waals surface area contributed by atoms with Crippen LogP contribution in [0.25, 0.3) is 0 Å². The van der Waals surface area contributed by atoms with Crippen LogP contribution in [-0.2, 0) is 5.16 Å². The molecule has 0 saturated heterocycles. The average molecular weight is 387 g/mol. The first-order valence-electron chi connectivity index (χ1n) is 9.30. The van der Waals surface area contributed by atoms with Crippen LogP contribution in [-0.4, -0.2) is 32.6 Å². The van der Waals surface area contributed by atoms with Crippen molar-refractivity contribution in [3.05, 3.63) is 47.5 Å². The molecule has 0 heterocycles. The summed E-state index contributed by atoms with van der Waals surface area (Å²) in [6.45, 7) is 4.37. The highest BCUT2D eigenvalue weighted by Crippen LogP contribution is 2.53. The zero-order chi connectivity index (χ0) is 19.9. The zero-order valence-electron chi connectivity index (χ0n) is 16.9. The van der Waals surface area contributed by atoms with E-state index in [1.165, 1.54) is 5.30 Å². The van der Waals surface area contributed by atoms with E-state index >= 15 is 0 Å². The lowest BCUT2D eigenvalue weighted by Crippen LogP contribution is -2.24. The van der Waals surface area contributed by atoms with Gasteiger partial charge < -0.3 is 14.6 Å². The lowest BCUT2D eigenvalue weighted by atomic mass is 9.89. The maximum absolute atomic E-state index is 11.0. The average Bonchev–Trinajstić information content (AvgIpc) is 2.69. The van der Waals surface area contributed by atoms with E-state index in [4.69, 9.17) is 9.47 Å². The SMILES string of the molecule is CCCC(CC)(Pc1ccccc1C=NC)c1cc(OC)cc(OC)c1O. The molecule has 2 aromatic rings. The summed E-state index contributed by atoms with van der Waals surface area (Å²) in [5.74, 6) is 1.36. The highest BCUT2D eigenvalue weighted by molar-refractivity contribution is 7.48. The topological polar surface area (TPSA) is 51.0 Å². The lowest BCUT2D eigenvalue weighted by molar-refractivity contribution is 0.354. The molecular formula is C22H30NO3P. The van der Waals surface area contributed by atoms with E-state index in [0.717, 1.165) is 30.4 Å². The molecule has 0 fully saturated rings. The van der Waals surface area contributed by atoms with Crippen LogP contribution in [0, 0.1) is 0 Å². The van der Waals surface area contributed by atoms with Gasteiger partial charge in [-0.05, 0) is 29.8 Å². The van der Waals surface area contributed by atoms with E-state index < -0.39 is 0 Å². The summed E-state index contributed by atoms with van der Waals surface area (Å²) in [7, 11) is 5.49. The van der Waals surface area contributed by atoms with Gasteiger partial charge in [-0.2, -0.15) is 0 Å². The first kappa shape index (κ1) is 21.2. The van der Waals surface area contributed by atoms with E-state index in [2.05, 4.69) is 37.0 Å². The second-order valence-electron chi connectivity index (χ2n) is 6.51. The van der Waals surface area contributed by atoms with E-state index in [1.54, 1.807) is 27.3 Å². The third kappa shape index (κ3) is 4.62. The Bertz CT molecular complexity index is 791. The maximum Gasteiger partial charge on any atom is 0.164 e. The van der Waals surface area contributed by atoms with Crippen molar-refractivity contribution in [3.63, 3.8) is 0 Å². The molecule has 2 unspecified atom stereocenters. The molecule has 2 aromatic carbocycles. The fourth-order valence-electron chi connectivity index (χ4n) is 3.49. The molecule has 0 aromatic heterocycles. The fraction of sp³-hybridized carbons (Fsp3) is 0.409. The Morgan fingerprint density at radius 3 is 2.48 bits per heavy atom. The number of aliphatic imine (C=N–C) groups is 1. The van der Waals surface area contributed by atoms with E-state index in [0.29, 0.717) is 20.1 Å². The predicted octanol–water partition coefficient (Wildman–Crippen LogP) is 4.87. The Balaban J connectivity index is 2.65. The summed E-state index contributed by atoms with van der Waals surface area (Å²) in [6.07, 6.45) is 4.79. The number of methoxy groups -OCH3 is 2. The minimum Gasteiger partial charge on any atom is -0.504 e. The van der Waals surface area contributed by atoms with Crippen molar-refractivity contribution >= 4 is 20.1 Å². The number of benzene rings is 2. The highest BCUT2D eigenvalue weighted by atomic mass is 31.1. The summed E-state index contributed by atoms with van der Waals surface area (Å²) in [5.41, 5.74) is 2.02. The van der Waals surface area contributed by atoms with Crippen LogP contribution in [0.3, 0.4) is 0 Å². The van der Waals surface area contributed by atoms with E-state index in [1.807, 2.05) is 18.3 Å². The van der Waals surface area contributed by atoms with E-state index in [9.17, 15) is 5.11 Å². The smallest absolute Gasteiger partial charge is 0.164 e. The summed E-state index contributed by atoms with van der Waals surface area (Å²) in [6, 6.07) is 12.0. The first-order chi connectivity index (χ1) is 13.0. The molecule has 4 nitrogen and oxygen atoms in total. The quantitative estimate of drug-likeness (QED) is 0.493. The van der Waals surface area contributed by atoms with Gasteiger partial charge in [-0.25, -0.2) is 0 Å². The van der Waals surface area contributed by atoms with Gasteiger partial charge in [-0.3, -0.25) is 4.99 Å². The molecule has 0 saturated carbocycles. The largest absolute Gasteiger partial charge is 0.504 e. The van der Waals surface area contributed by atoms with Gasteiger partial charge in [0.15, 0.2) is 11.5 Å². The molecule has 0 amide bonds. The zero-order valence-corrected chi connectivity index (χ0v) is 17.9. The van der Waals surface area contributed by atoms with Crippen molar-refractivity contribution < 1.29 is 14.6 Å². The summed E-state index contributed by atoms with van der Waals surface area (Å²) < 4.78 is 10.9. The van der Waals surface area contributed by atoms with Gasteiger partial charge in [-0.1, -0.05) is 53.1 Å². The number of nitrogens with zero attached hydrogens (tertiary/aromatic N) is 1. The molecule has 2 atom stereocenters. The minimum atomic E-state index is -0.196. The number of ether oxygens (including phenoxy) is 2. The van der Waals surface area contributed by atoms with Crippen molar-refractivity contribution in [1.82, 2.24) is 0 Å². The van der Waals surface area contributed by atoms with Crippen molar-refractivity contribution in [2.75, 3.05) is 21.3 Å². The molecule has 146 valence electrons. The Morgan fingerprint density at radius 2 is 1.89 bits per heavy atom. The van der Waals surface area contributed by atoms with Gasteiger partial charge >= 0.3 is 0 Å². The normalized spacial score (nSPS) is 14.0. The molecule has 5 heteroatoms. The van der Waals surface area contributed by atoms with Crippen LogP contribution < -0.4 is 14.8 Å². The highest BCUT2D eigenvalue weighted by Gasteiger charge is 2.34. The first-order valence-corrected chi connectivity index (χ1v) is 10.3. The molecule has 1 N–H and O–H groups in total. The molecule has 2 rings (SSSR count). The monoisotopic (exact) mass is 387 g/mol. The second-order valence-corrected chi connectivity index (χ2v) is 8.26. The number of phenolic OH excluding ortho intramolecular Hbond substituents is 1. The van der Waals surface area contributed by atoms with Crippen LogP contribution in [0.4, 0.5) is 0 Å². The van der Waals surface area contributed by atoms with Crippen molar-refractivity contribution in [1.29, 1.82) is 0 Å². The molecule has 0 bridgehead atoms. The summed E-state index contributed by atoms with van der Waals surface area (Å²) in [5, 5.41) is 12.0. The van der Waals surface area contributed by atoms with Gasteiger partial charge in [0.25, 0.3) is 0 Å². The molecule has 0 aliphatic heterocycles. The number of aromatic hydroxyl groups is 1. The number of hydrogen-bond acceptors (Lipinski definition) is 4. The van der Waals surface area contributed by atoms with Crippen LogP contribution in [0.2, 0.25) is 0 Å². The predicted molar refractivity (Wildman–Crippen MR) is 116 cm³/mol. The maximum atomic E-state index is 11.0.